The van der Waals surface area contributed by atoms with Crippen molar-refractivity contribution in [3.05, 3.63) is 54.4 Å². The summed E-state index contributed by atoms with van der Waals surface area (Å²) in [6.07, 6.45) is 4.71. The quantitative estimate of drug-likeness (QED) is 0.884. The summed E-state index contributed by atoms with van der Waals surface area (Å²) in [5, 5.41) is 2.37. The molecule has 2 rings (SSSR count). The average Bonchev–Trinajstić information content (AvgIpc) is 2.87. The van der Waals surface area contributed by atoms with Crippen molar-refractivity contribution in [1.29, 1.82) is 0 Å². The van der Waals surface area contributed by atoms with Gasteiger partial charge in [-0.3, -0.25) is 4.79 Å². The van der Waals surface area contributed by atoms with Crippen molar-refractivity contribution in [2.75, 3.05) is 5.32 Å². The standard InChI is InChI=1S/C14H14F2N2O/c15-11-5-6-12(16)13(10-11)17-14(19)4-3-9-18-7-1-2-8-18/h1-2,5-8,10H,3-4,9H2,(H,17,19). The molecule has 0 fully saturated rings. The highest BCUT2D eigenvalue weighted by molar-refractivity contribution is 5.90. The Balaban J connectivity index is 1.82. The van der Waals surface area contributed by atoms with Gasteiger partial charge in [-0.2, -0.15) is 0 Å². The maximum absolute atomic E-state index is 13.3. The van der Waals surface area contributed by atoms with Crippen LogP contribution in [0.2, 0.25) is 0 Å². The topological polar surface area (TPSA) is 34.0 Å². The number of hydrogen-bond acceptors (Lipinski definition) is 1. The molecule has 19 heavy (non-hydrogen) atoms. The van der Waals surface area contributed by atoms with Crippen molar-refractivity contribution in [2.24, 2.45) is 0 Å². The van der Waals surface area contributed by atoms with Crippen LogP contribution in [-0.2, 0) is 11.3 Å². The molecule has 0 saturated heterocycles. The number of nitrogens with zero attached hydrogens (tertiary/aromatic N) is 1. The molecule has 2 aromatic rings. The Bertz CT molecular complexity index is 553. The molecule has 1 amide bonds. The molecule has 0 unspecified atom stereocenters. The second-order valence-electron chi connectivity index (χ2n) is 4.20. The van der Waals surface area contributed by atoms with Crippen molar-refractivity contribution in [1.82, 2.24) is 4.57 Å². The van der Waals surface area contributed by atoms with Gasteiger partial charge in [-0.25, -0.2) is 8.78 Å². The number of anilines is 1. The van der Waals surface area contributed by atoms with Crippen LogP contribution in [0, 0.1) is 11.6 Å². The van der Waals surface area contributed by atoms with Gasteiger partial charge in [0.2, 0.25) is 5.91 Å². The molecule has 0 aliphatic carbocycles. The van der Waals surface area contributed by atoms with E-state index in [0.29, 0.717) is 13.0 Å². The van der Waals surface area contributed by atoms with E-state index in [-0.39, 0.29) is 18.0 Å². The van der Waals surface area contributed by atoms with E-state index >= 15 is 0 Å². The summed E-state index contributed by atoms with van der Waals surface area (Å²) in [5.41, 5.74) is -0.119. The molecular weight excluding hydrogens is 250 g/mol. The number of halogens is 2. The number of aryl methyl sites for hydroxylation is 1. The Morgan fingerprint density at radius 3 is 2.68 bits per heavy atom. The Hall–Kier alpha value is -2.17. The van der Waals surface area contributed by atoms with Gasteiger partial charge in [0.15, 0.2) is 0 Å². The second-order valence-corrected chi connectivity index (χ2v) is 4.20. The van der Waals surface area contributed by atoms with E-state index in [1.807, 2.05) is 29.1 Å². The van der Waals surface area contributed by atoms with Crippen molar-refractivity contribution < 1.29 is 13.6 Å². The third-order valence-electron chi connectivity index (χ3n) is 2.69. The van der Waals surface area contributed by atoms with Gasteiger partial charge in [-0.15, -0.1) is 0 Å². The number of carbonyl (C=O) groups excluding carboxylic acids is 1. The predicted octanol–water partition coefficient (Wildman–Crippen LogP) is 3.19. The lowest BCUT2D eigenvalue weighted by molar-refractivity contribution is -0.116. The van der Waals surface area contributed by atoms with Crippen LogP contribution < -0.4 is 5.32 Å². The number of aromatic nitrogens is 1. The molecule has 0 bridgehead atoms. The van der Waals surface area contributed by atoms with Crippen LogP contribution in [0.4, 0.5) is 14.5 Å². The van der Waals surface area contributed by atoms with Gasteiger partial charge >= 0.3 is 0 Å². The minimum absolute atomic E-state index is 0.119. The minimum atomic E-state index is -0.639. The van der Waals surface area contributed by atoms with Crippen LogP contribution in [0.1, 0.15) is 12.8 Å². The Labute approximate surface area is 109 Å². The van der Waals surface area contributed by atoms with E-state index in [1.165, 1.54) is 0 Å². The maximum atomic E-state index is 13.3. The van der Waals surface area contributed by atoms with E-state index in [4.69, 9.17) is 0 Å². The zero-order valence-corrected chi connectivity index (χ0v) is 10.3. The highest BCUT2D eigenvalue weighted by Gasteiger charge is 2.07. The van der Waals surface area contributed by atoms with E-state index in [2.05, 4.69) is 5.32 Å². The Morgan fingerprint density at radius 2 is 1.95 bits per heavy atom. The lowest BCUT2D eigenvalue weighted by Gasteiger charge is -2.07. The molecular formula is C14H14F2N2O. The highest BCUT2D eigenvalue weighted by atomic mass is 19.1. The molecule has 0 aliphatic rings. The van der Waals surface area contributed by atoms with Gasteiger partial charge in [-0.1, -0.05) is 0 Å². The average molecular weight is 264 g/mol. The number of benzene rings is 1. The molecule has 0 aliphatic heterocycles. The van der Waals surface area contributed by atoms with Gasteiger partial charge in [0.05, 0.1) is 5.69 Å². The van der Waals surface area contributed by atoms with Crippen molar-refractivity contribution in [3.63, 3.8) is 0 Å². The van der Waals surface area contributed by atoms with Gasteiger partial charge in [0, 0.05) is 31.4 Å². The second kappa shape index (κ2) is 6.13. The van der Waals surface area contributed by atoms with E-state index in [9.17, 15) is 13.6 Å². The Morgan fingerprint density at radius 1 is 1.21 bits per heavy atom. The maximum Gasteiger partial charge on any atom is 0.224 e. The number of carbonyl (C=O) groups is 1. The van der Waals surface area contributed by atoms with Gasteiger partial charge in [0.1, 0.15) is 11.6 Å². The molecule has 0 spiro atoms. The first kappa shape index (κ1) is 13.3. The van der Waals surface area contributed by atoms with Crippen LogP contribution in [0.5, 0.6) is 0 Å². The van der Waals surface area contributed by atoms with Crippen LogP contribution in [0.15, 0.2) is 42.7 Å². The smallest absolute Gasteiger partial charge is 0.224 e. The van der Waals surface area contributed by atoms with E-state index in [0.717, 1.165) is 18.2 Å². The van der Waals surface area contributed by atoms with Crippen LogP contribution in [0.25, 0.3) is 0 Å². The number of hydrogen-bond donors (Lipinski definition) is 1. The lowest BCUT2D eigenvalue weighted by atomic mass is 10.2. The molecule has 0 saturated carbocycles. The minimum Gasteiger partial charge on any atom is -0.354 e. The normalized spacial score (nSPS) is 10.4. The summed E-state index contributed by atoms with van der Waals surface area (Å²) in [7, 11) is 0. The largest absolute Gasteiger partial charge is 0.354 e. The SMILES string of the molecule is O=C(CCCn1cccc1)Nc1cc(F)ccc1F. The summed E-state index contributed by atoms with van der Waals surface area (Å²) in [5.74, 6) is -1.54. The zero-order chi connectivity index (χ0) is 13.7. The molecule has 100 valence electrons. The first-order chi connectivity index (χ1) is 9.15. The van der Waals surface area contributed by atoms with Crippen LogP contribution >= 0.6 is 0 Å². The fourth-order valence-electron chi connectivity index (χ4n) is 1.75. The van der Waals surface area contributed by atoms with Crippen molar-refractivity contribution in [3.8, 4) is 0 Å². The zero-order valence-electron chi connectivity index (χ0n) is 10.3. The number of rotatable bonds is 5. The molecule has 3 nitrogen and oxygen atoms in total. The molecule has 0 atom stereocenters. The predicted molar refractivity (Wildman–Crippen MR) is 68.7 cm³/mol. The van der Waals surface area contributed by atoms with Gasteiger partial charge in [-0.05, 0) is 30.7 Å². The fraction of sp³-hybridized carbons (Fsp3) is 0.214. The summed E-state index contributed by atoms with van der Waals surface area (Å²) >= 11 is 0. The number of amides is 1. The molecule has 0 radical (unpaired) electrons. The molecule has 1 aromatic carbocycles. The van der Waals surface area contributed by atoms with E-state index < -0.39 is 11.6 Å². The van der Waals surface area contributed by atoms with Crippen molar-refractivity contribution >= 4 is 11.6 Å². The molecule has 1 heterocycles. The third kappa shape index (κ3) is 3.91. The van der Waals surface area contributed by atoms with Crippen LogP contribution in [-0.4, -0.2) is 10.5 Å². The van der Waals surface area contributed by atoms with Gasteiger partial charge in [0.25, 0.3) is 0 Å². The first-order valence-corrected chi connectivity index (χ1v) is 6.01. The lowest BCUT2D eigenvalue weighted by Crippen LogP contribution is -2.13. The van der Waals surface area contributed by atoms with E-state index in [1.54, 1.807) is 0 Å². The highest BCUT2D eigenvalue weighted by Crippen LogP contribution is 2.15. The van der Waals surface area contributed by atoms with Crippen LogP contribution in [0.3, 0.4) is 0 Å². The van der Waals surface area contributed by atoms with Gasteiger partial charge < -0.3 is 9.88 Å². The monoisotopic (exact) mass is 264 g/mol. The summed E-state index contributed by atoms with van der Waals surface area (Å²) < 4.78 is 28.2. The third-order valence-corrected chi connectivity index (χ3v) is 2.69. The summed E-state index contributed by atoms with van der Waals surface area (Å²) in [4.78, 5) is 11.6. The Kier molecular flexibility index (Phi) is 4.28. The first-order valence-electron chi connectivity index (χ1n) is 6.01. The summed E-state index contributed by atoms with van der Waals surface area (Å²) in [6.45, 7) is 0.714. The molecule has 5 heteroatoms. The fourth-order valence-corrected chi connectivity index (χ4v) is 1.75. The molecule has 1 N–H and O–H groups in total. The molecule has 1 aromatic heterocycles. The summed E-state index contributed by atoms with van der Waals surface area (Å²) in [6, 6.07) is 6.78. The number of nitrogens with one attached hydrogen (secondary N) is 1. The van der Waals surface area contributed by atoms with Crippen molar-refractivity contribution in [2.45, 2.75) is 19.4 Å².